The molecule has 2 aromatic carbocycles. The Labute approximate surface area is 167 Å². The van der Waals surface area contributed by atoms with E-state index in [2.05, 4.69) is 0 Å². The van der Waals surface area contributed by atoms with E-state index in [-0.39, 0.29) is 18.2 Å². The first-order valence-electron chi connectivity index (χ1n) is 8.77. The molecule has 6 nitrogen and oxygen atoms in total. The molecule has 0 spiro atoms. The summed E-state index contributed by atoms with van der Waals surface area (Å²) >= 11 is 0. The van der Waals surface area contributed by atoms with Crippen LogP contribution in [0.15, 0.2) is 60.0 Å². The van der Waals surface area contributed by atoms with Gasteiger partial charge in [0.2, 0.25) is 10.0 Å². The molecular formula is C20H25NO5S2. The van der Waals surface area contributed by atoms with Crippen molar-refractivity contribution in [2.75, 3.05) is 12.8 Å². The van der Waals surface area contributed by atoms with Crippen molar-refractivity contribution in [3.63, 3.8) is 0 Å². The van der Waals surface area contributed by atoms with E-state index in [1.54, 1.807) is 18.2 Å². The molecule has 8 heteroatoms. The average Bonchev–Trinajstić information content (AvgIpc) is 2.59. The highest BCUT2D eigenvalue weighted by Gasteiger charge is 2.21. The molecular weight excluding hydrogens is 398 g/mol. The Morgan fingerprint density at radius 2 is 1.68 bits per heavy atom. The molecule has 0 aliphatic heterocycles. The number of sulfonamides is 1. The van der Waals surface area contributed by atoms with Gasteiger partial charge in [-0.05, 0) is 35.3 Å². The number of benzene rings is 2. The summed E-state index contributed by atoms with van der Waals surface area (Å²) in [5.41, 5.74) is 1.43. The minimum atomic E-state index is -3.67. The van der Waals surface area contributed by atoms with Gasteiger partial charge < -0.3 is 4.18 Å². The van der Waals surface area contributed by atoms with Gasteiger partial charge in [0.05, 0.1) is 6.26 Å². The first kappa shape index (κ1) is 22.1. The van der Waals surface area contributed by atoms with E-state index in [9.17, 15) is 16.8 Å². The van der Waals surface area contributed by atoms with Crippen molar-refractivity contribution in [1.29, 1.82) is 0 Å². The summed E-state index contributed by atoms with van der Waals surface area (Å²) in [5, 5.41) is 1.20. The first-order valence-corrected chi connectivity index (χ1v) is 12.1. The lowest BCUT2D eigenvalue weighted by Crippen LogP contribution is -2.32. The second-order valence-electron chi connectivity index (χ2n) is 6.88. The molecule has 0 atom stereocenters. The highest BCUT2D eigenvalue weighted by Crippen LogP contribution is 2.19. The summed E-state index contributed by atoms with van der Waals surface area (Å²) in [4.78, 5) is 0. The molecule has 28 heavy (non-hydrogen) atoms. The van der Waals surface area contributed by atoms with Crippen LogP contribution in [0.2, 0.25) is 0 Å². The highest BCUT2D eigenvalue weighted by atomic mass is 32.2. The maximum atomic E-state index is 12.9. The second kappa shape index (κ2) is 9.36. The Morgan fingerprint density at radius 1 is 1.00 bits per heavy atom. The summed E-state index contributed by atoms with van der Waals surface area (Å²) in [6, 6.07) is 15.6. The molecule has 0 aliphatic rings. The van der Waals surface area contributed by atoms with Crippen molar-refractivity contribution < 1.29 is 21.0 Å². The molecule has 0 aromatic heterocycles. The van der Waals surface area contributed by atoms with Gasteiger partial charge in [-0.3, -0.25) is 0 Å². The minimum Gasteiger partial charge on any atom is -0.383 e. The Kier molecular flexibility index (Phi) is 7.40. The van der Waals surface area contributed by atoms with Crippen LogP contribution in [0.3, 0.4) is 0 Å². The SMILES string of the molecule is CC(C)CN(Cc1cccc(OS(C)(=O)=O)c1)S(=O)(=O)/C=C/c1ccccc1. The zero-order valence-electron chi connectivity index (χ0n) is 16.1. The number of nitrogens with zero attached hydrogens (tertiary/aromatic N) is 1. The predicted molar refractivity (Wildman–Crippen MR) is 112 cm³/mol. The summed E-state index contributed by atoms with van der Waals surface area (Å²) in [7, 11) is -7.32. The van der Waals surface area contributed by atoms with E-state index < -0.39 is 20.1 Å². The van der Waals surface area contributed by atoms with Gasteiger partial charge in [-0.15, -0.1) is 0 Å². The molecule has 0 N–H and O–H groups in total. The topological polar surface area (TPSA) is 80.8 Å². The lowest BCUT2D eigenvalue weighted by molar-refractivity contribution is 0.366. The lowest BCUT2D eigenvalue weighted by Gasteiger charge is -2.22. The van der Waals surface area contributed by atoms with E-state index >= 15 is 0 Å². The molecule has 0 radical (unpaired) electrons. The van der Waals surface area contributed by atoms with Crippen LogP contribution in [0.25, 0.3) is 6.08 Å². The zero-order chi connectivity index (χ0) is 20.8. The van der Waals surface area contributed by atoms with E-state index in [1.165, 1.54) is 21.8 Å². The normalized spacial score (nSPS) is 12.8. The molecule has 0 heterocycles. The van der Waals surface area contributed by atoms with Crippen molar-refractivity contribution in [3.8, 4) is 5.75 Å². The van der Waals surface area contributed by atoms with Crippen LogP contribution in [-0.2, 0) is 26.7 Å². The molecule has 0 amide bonds. The predicted octanol–water partition coefficient (Wildman–Crippen LogP) is 3.48. The van der Waals surface area contributed by atoms with Crippen LogP contribution in [-0.4, -0.2) is 33.9 Å². The van der Waals surface area contributed by atoms with Crippen molar-refractivity contribution in [2.45, 2.75) is 20.4 Å². The molecule has 2 aromatic rings. The molecule has 0 saturated heterocycles. The molecule has 0 fully saturated rings. The lowest BCUT2D eigenvalue weighted by atomic mass is 10.2. The van der Waals surface area contributed by atoms with E-state index in [0.29, 0.717) is 12.1 Å². The van der Waals surface area contributed by atoms with Crippen molar-refractivity contribution in [3.05, 3.63) is 71.1 Å². The van der Waals surface area contributed by atoms with Crippen LogP contribution < -0.4 is 4.18 Å². The Bertz CT molecular complexity index is 1010. The fourth-order valence-electron chi connectivity index (χ4n) is 2.55. The van der Waals surface area contributed by atoms with Gasteiger partial charge in [0.25, 0.3) is 0 Å². The van der Waals surface area contributed by atoms with E-state index in [1.807, 2.05) is 44.2 Å². The average molecular weight is 424 g/mol. The third kappa shape index (κ3) is 7.46. The van der Waals surface area contributed by atoms with Gasteiger partial charge in [0.1, 0.15) is 5.75 Å². The Hall–Kier alpha value is -2.16. The largest absolute Gasteiger partial charge is 0.383 e. The molecule has 0 unspecified atom stereocenters. The zero-order valence-corrected chi connectivity index (χ0v) is 17.8. The van der Waals surface area contributed by atoms with Crippen LogP contribution >= 0.6 is 0 Å². The van der Waals surface area contributed by atoms with Gasteiger partial charge in [-0.25, -0.2) is 8.42 Å². The second-order valence-corrected chi connectivity index (χ2v) is 10.3. The molecule has 0 saturated carbocycles. The number of hydrogen-bond acceptors (Lipinski definition) is 5. The fourth-order valence-corrected chi connectivity index (χ4v) is 4.34. The number of hydrogen-bond donors (Lipinski definition) is 0. The van der Waals surface area contributed by atoms with Gasteiger partial charge in [-0.1, -0.05) is 56.3 Å². The standard InChI is InChI=1S/C20H25NO5S2/c1-17(2)15-21(28(24,25)13-12-18-8-5-4-6-9-18)16-19-10-7-11-20(14-19)26-27(3,22)23/h4-14,17H,15-16H2,1-3H3/b13-12+. The molecule has 0 bridgehead atoms. The minimum absolute atomic E-state index is 0.112. The van der Waals surface area contributed by atoms with Crippen LogP contribution in [0.4, 0.5) is 0 Å². The molecule has 0 aliphatic carbocycles. The van der Waals surface area contributed by atoms with E-state index in [0.717, 1.165) is 11.8 Å². The van der Waals surface area contributed by atoms with Gasteiger partial charge >= 0.3 is 10.1 Å². The maximum Gasteiger partial charge on any atom is 0.306 e. The van der Waals surface area contributed by atoms with Gasteiger partial charge in [-0.2, -0.15) is 12.7 Å². The van der Waals surface area contributed by atoms with E-state index in [4.69, 9.17) is 4.18 Å². The molecule has 2 rings (SSSR count). The Morgan fingerprint density at radius 3 is 2.29 bits per heavy atom. The summed E-state index contributed by atoms with van der Waals surface area (Å²) in [6.07, 6.45) is 2.52. The highest BCUT2D eigenvalue weighted by molar-refractivity contribution is 7.92. The maximum absolute atomic E-state index is 12.9. The van der Waals surface area contributed by atoms with Crippen molar-refractivity contribution in [2.24, 2.45) is 5.92 Å². The Balaban J connectivity index is 2.26. The smallest absolute Gasteiger partial charge is 0.306 e. The summed E-state index contributed by atoms with van der Waals surface area (Å²) in [6.45, 7) is 4.32. The number of rotatable bonds is 9. The third-order valence-electron chi connectivity index (χ3n) is 3.67. The third-order valence-corrected chi connectivity index (χ3v) is 5.64. The molecule has 152 valence electrons. The quantitative estimate of drug-likeness (QED) is 0.577. The van der Waals surface area contributed by atoms with Crippen LogP contribution in [0.1, 0.15) is 25.0 Å². The summed E-state index contributed by atoms with van der Waals surface area (Å²) < 4.78 is 54.6. The monoisotopic (exact) mass is 423 g/mol. The first-order chi connectivity index (χ1) is 13.0. The van der Waals surface area contributed by atoms with Gasteiger partial charge in [0.15, 0.2) is 0 Å². The van der Waals surface area contributed by atoms with Crippen LogP contribution in [0.5, 0.6) is 5.75 Å². The van der Waals surface area contributed by atoms with Gasteiger partial charge in [0, 0.05) is 18.5 Å². The van der Waals surface area contributed by atoms with Crippen molar-refractivity contribution >= 4 is 26.2 Å². The van der Waals surface area contributed by atoms with Crippen LogP contribution in [0, 0.1) is 5.92 Å². The van der Waals surface area contributed by atoms with Crippen molar-refractivity contribution in [1.82, 2.24) is 4.31 Å². The summed E-state index contributed by atoms with van der Waals surface area (Å²) in [5.74, 6) is 0.275. The fraction of sp³-hybridized carbons (Fsp3) is 0.300.